The quantitative estimate of drug-likeness (QED) is 0.804. The molecule has 5 nitrogen and oxygen atoms in total. The second kappa shape index (κ2) is 7.43. The first-order valence-electron chi connectivity index (χ1n) is 8.84. The molecule has 0 aromatic heterocycles. The van der Waals surface area contributed by atoms with Gasteiger partial charge >= 0.3 is 6.03 Å². The lowest BCUT2D eigenvalue weighted by molar-refractivity contribution is 0.0226. The van der Waals surface area contributed by atoms with Gasteiger partial charge in [0.1, 0.15) is 11.7 Å². The van der Waals surface area contributed by atoms with Crippen molar-refractivity contribution in [1.82, 2.24) is 10.2 Å². The van der Waals surface area contributed by atoms with E-state index in [1.807, 2.05) is 13.0 Å². The lowest BCUT2D eigenvalue weighted by Crippen LogP contribution is -2.37. The smallest absolute Gasteiger partial charge is 0.324 e. The maximum absolute atomic E-state index is 13.0. The monoisotopic (exact) mass is 362 g/mol. The zero-order valence-corrected chi connectivity index (χ0v) is 15.1. The van der Waals surface area contributed by atoms with Crippen LogP contribution in [0.3, 0.4) is 0 Å². The zero-order chi connectivity index (χ0) is 18.7. The van der Waals surface area contributed by atoms with Crippen molar-refractivity contribution in [3.05, 3.63) is 41.7 Å². The summed E-state index contributed by atoms with van der Waals surface area (Å²) in [6.45, 7) is 4.59. The zero-order valence-electron chi connectivity index (χ0n) is 15.1. The number of amides is 2. The minimum Gasteiger partial charge on any atom is -0.356 e. The van der Waals surface area contributed by atoms with Gasteiger partial charge in [-0.1, -0.05) is 12.1 Å². The van der Waals surface area contributed by atoms with Crippen LogP contribution in [0.5, 0.6) is 0 Å². The number of hydrogen-bond donors (Lipinski definition) is 2. The van der Waals surface area contributed by atoms with Crippen molar-refractivity contribution in [2.24, 2.45) is 10.9 Å². The van der Waals surface area contributed by atoms with Crippen LogP contribution in [0.4, 0.5) is 19.3 Å². The Morgan fingerprint density at radius 1 is 1.27 bits per heavy atom. The van der Waals surface area contributed by atoms with E-state index in [-0.39, 0.29) is 6.42 Å². The van der Waals surface area contributed by atoms with Crippen LogP contribution in [-0.2, 0) is 6.42 Å². The van der Waals surface area contributed by atoms with Crippen molar-refractivity contribution in [3.63, 3.8) is 0 Å². The standard InChI is InChI=1S/C19H24F2N4O/c1-13-22-17(9-10-25(13)12-15-3-4-15)24-18(26)23-16-7-5-14(6-8-16)11-19(2,20)21/h5-9,15H,3-4,10-12H2,1-2H3,(H2,23,24,26). The molecule has 1 aliphatic carbocycles. The number of rotatable bonds is 6. The first-order valence-corrected chi connectivity index (χ1v) is 8.84. The van der Waals surface area contributed by atoms with Gasteiger partial charge < -0.3 is 10.2 Å². The number of aliphatic imine (C=N–C) groups is 1. The Bertz CT molecular complexity index is 718. The number of nitrogens with one attached hydrogen (secondary N) is 2. The Morgan fingerprint density at radius 2 is 1.96 bits per heavy atom. The van der Waals surface area contributed by atoms with Gasteiger partial charge in [0.05, 0.1) is 0 Å². The number of carbonyl (C=O) groups is 1. The average Bonchev–Trinajstić information content (AvgIpc) is 3.35. The minimum absolute atomic E-state index is 0.322. The Morgan fingerprint density at radius 3 is 2.54 bits per heavy atom. The SMILES string of the molecule is CC1=NC(NC(=O)Nc2ccc(CC(C)(F)F)cc2)=CCN1CC1CC1. The third kappa shape index (κ3) is 5.54. The van der Waals surface area contributed by atoms with E-state index in [9.17, 15) is 13.6 Å². The fraction of sp³-hybridized carbons (Fsp3) is 0.474. The van der Waals surface area contributed by atoms with Crippen molar-refractivity contribution < 1.29 is 13.6 Å². The molecule has 2 N–H and O–H groups in total. The van der Waals surface area contributed by atoms with Crippen LogP contribution >= 0.6 is 0 Å². The van der Waals surface area contributed by atoms with E-state index in [0.29, 0.717) is 17.1 Å². The molecule has 0 spiro atoms. The van der Waals surface area contributed by atoms with E-state index in [2.05, 4.69) is 20.5 Å². The fourth-order valence-corrected chi connectivity index (χ4v) is 2.86. The normalized spacial score (nSPS) is 17.5. The molecular weight excluding hydrogens is 338 g/mol. The van der Waals surface area contributed by atoms with E-state index in [4.69, 9.17) is 0 Å². The van der Waals surface area contributed by atoms with Crippen molar-refractivity contribution in [1.29, 1.82) is 0 Å². The summed E-state index contributed by atoms with van der Waals surface area (Å²) < 4.78 is 26.0. The second-order valence-corrected chi connectivity index (χ2v) is 7.12. The number of benzene rings is 1. The van der Waals surface area contributed by atoms with Gasteiger partial charge in [-0.15, -0.1) is 0 Å². The molecule has 2 aliphatic rings. The molecular formula is C19H24F2N4O. The molecule has 140 valence electrons. The van der Waals surface area contributed by atoms with Crippen LogP contribution in [-0.4, -0.2) is 35.8 Å². The molecule has 2 amide bonds. The van der Waals surface area contributed by atoms with E-state index in [0.717, 1.165) is 31.8 Å². The lowest BCUT2D eigenvalue weighted by atomic mass is 10.1. The molecule has 1 fully saturated rings. The summed E-state index contributed by atoms with van der Waals surface area (Å²) in [5.74, 6) is -0.543. The second-order valence-electron chi connectivity index (χ2n) is 7.12. The van der Waals surface area contributed by atoms with Gasteiger partial charge in [0.25, 0.3) is 0 Å². The fourth-order valence-electron chi connectivity index (χ4n) is 2.86. The molecule has 0 radical (unpaired) electrons. The van der Waals surface area contributed by atoms with Gasteiger partial charge in [-0.2, -0.15) is 0 Å². The molecule has 1 heterocycles. The predicted molar refractivity (Wildman–Crippen MR) is 98.4 cm³/mol. The summed E-state index contributed by atoms with van der Waals surface area (Å²) in [5, 5.41) is 5.40. The highest BCUT2D eigenvalue weighted by Gasteiger charge is 2.26. The molecule has 26 heavy (non-hydrogen) atoms. The van der Waals surface area contributed by atoms with Crippen molar-refractivity contribution in [2.45, 2.75) is 39.0 Å². The number of alkyl halides is 2. The van der Waals surface area contributed by atoms with Crippen LogP contribution < -0.4 is 10.6 Å². The van der Waals surface area contributed by atoms with Crippen LogP contribution in [0.15, 0.2) is 41.2 Å². The number of hydrogen-bond acceptors (Lipinski definition) is 3. The van der Waals surface area contributed by atoms with Crippen molar-refractivity contribution >= 4 is 17.6 Å². The van der Waals surface area contributed by atoms with Gasteiger partial charge in [0.15, 0.2) is 0 Å². The first-order chi connectivity index (χ1) is 12.3. The molecule has 3 rings (SSSR count). The van der Waals surface area contributed by atoms with Crippen molar-refractivity contribution in [3.8, 4) is 0 Å². The van der Waals surface area contributed by atoms with Gasteiger partial charge in [0, 0.05) is 25.2 Å². The molecule has 1 aromatic carbocycles. The molecule has 1 aliphatic heterocycles. The van der Waals surface area contributed by atoms with Crippen LogP contribution in [0.1, 0.15) is 32.3 Å². The molecule has 7 heteroatoms. The number of anilines is 1. The van der Waals surface area contributed by atoms with E-state index >= 15 is 0 Å². The number of halogens is 2. The third-order valence-electron chi connectivity index (χ3n) is 4.39. The predicted octanol–water partition coefficient (Wildman–Crippen LogP) is 3.99. The Balaban J connectivity index is 1.50. The number of nitrogens with zero attached hydrogens (tertiary/aromatic N) is 2. The van der Waals surface area contributed by atoms with Crippen molar-refractivity contribution in [2.75, 3.05) is 18.4 Å². The van der Waals surface area contributed by atoms with Crippen LogP contribution in [0.2, 0.25) is 0 Å². The van der Waals surface area contributed by atoms with E-state index in [1.54, 1.807) is 24.3 Å². The molecule has 1 saturated carbocycles. The maximum Gasteiger partial charge on any atom is 0.324 e. The minimum atomic E-state index is -2.75. The highest BCUT2D eigenvalue weighted by molar-refractivity contribution is 5.91. The van der Waals surface area contributed by atoms with E-state index in [1.165, 1.54) is 12.8 Å². The van der Waals surface area contributed by atoms with E-state index < -0.39 is 12.0 Å². The summed E-state index contributed by atoms with van der Waals surface area (Å²) >= 11 is 0. The summed E-state index contributed by atoms with van der Waals surface area (Å²) in [6.07, 6.45) is 4.14. The van der Waals surface area contributed by atoms with Crippen LogP contribution in [0.25, 0.3) is 0 Å². The Hall–Kier alpha value is -2.44. The highest BCUT2D eigenvalue weighted by Crippen LogP contribution is 2.30. The summed E-state index contributed by atoms with van der Waals surface area (Å²) in [7, 11) is 0. The molecule has 0 unspecified atom stereocenters. The Kier molecular flexibility index (Phi) is 5.25. The van der Waals surface area contributed by atoms with Crippen LogP contribution in [0, 0.1) is 5.92 Å². The average molecular weight is 362 g/mol. The molecule has 0 atom stereocenters. The van der Waals surface area contributed by atoms with Gasteiger partial charge in [-0.3, -0.25) is 5.32 Å². The molecule has 0 saturated heterocycles. The maximum atomic E-state index is 13.0. The Labute approximate surface area is 152 Å². The first kappa shape index (κ1) is 18.4. The highest BCUT2D eigenvalue weighted by atomic mass is 19.3. The number of carbonyl (C=O) groups excluding carboxylic acids is 1. The third-order valence-corrected chi connectivity index (χ3v) is 4.39. The number of amidine groups is 1. The summed E-state index contributed by atoms with van der Waals surface area (Å²) in [4.78, 5) is 18.7. The lowest BCUT2D eigenvalue weighted by Gasteiger charge is -2.26. The largest absolute Gasteiger partial charge is 0.356 e. The van der Waals surface area contributed by atoms with Gasteiger partial charge in [-0.05, 0) is 56.4 Å². The van der Waals surface area contributed by atoms with Gasteiger partial charge in [0.2, 0.25) is 5.92 Å². The summed E-state index contributed by atoms with van der Waals surface area (Å²) in [5.41, 5.74) is 1.06. The summed E-state index contributed by atoms with van der Waals surface area (Å²) in [6, 6.07) is 6.00. The molecule has 0 bridgehead atoms. The topological polar surface area (TPSA) is 56.7 Å². The molecule has 1 aromatic rings. The van der Waals surface area contributed by atoms with Gasteiger partial charge in [-0.25, -0.2) is 18.6 Å². The number of urea groups is 1.